The van der Waals surface area contributed by atoms with Gasteiger partial charge >= 0.3 is 6.03 Å². The summed E-state index contributed by atoms with van der Waals surface area (Å²) in [5.74, 6) is -0.161. The Labute approximate surface area is 106 Å². The standard InChI is InChI=1S/C12H18N4O2/c13-12(18)16-9-4-1-3-8-15-11(17)10-6-2-5-7-14-10/h2,5-7H,1,3-4,8-9H2,(H,15,17)(H3,13,16,18). The van der Waals surface area contributed by atoms with Gasteiger partial charge in [0.2, 0.25) is 0 Å². The average molecular weight is 250 g/mol. The first kappa shape index (κ1) is 14.0. The molecular formula is C12H18N4O2. The number of hydrogen-bond acceptors (Lipinski definition) is 3. The Morgan fingerprint density at radius 3 is 2.44 bits per heavy atom. The highest BCUT2D eigenvalue weighted by atomic mass is 16.2. The molecule has 0 aliphatic carbocycles. The highest BCUT2D eigenvalue weighted by Gasteiger charge is 2.04. The summed E-state index contributed by atoms with van der Waals surface area (Å²) in [5, 5.41) is 5.30. The summed E-state index contributed by atoms with van der Waals surface area (Å²) >= 11 is 0. The molecule has 98 valence electrons. The van der Waals surface area contributed by atoms with Gasteiger partial charge in [-0.15, -0.1) is 0 Å². The van der Waals surface area contributed by atoms with Crippen molar-refractivity contribution in [2.24, 2.45) is 5.73 Å². The number of carbonyl (C=O) groups excluding carboxylic acids is 2. The van der Waals surface area contributed by atoms with Crippen LogP contribution >= 0.6 is 0 Å². The van der Waals surface area contributed by atoms with E-state index >= 15 is 0 Å². The number of pyridine rings is 1. The average Bonchev–Trinajstić information content (AvgIpc) is 2.38. The fourth-order valence-corrected chi connectivity index (χ4v) is 1.43. The minimum Gasteiger partial charge on any atom is -0.352 e. The normalized spacial score (nSPS) is 9.78. The number of urea groups is 1. The van der Waals surface area contributed by atoms with Crippen LogP contribution in [0.2, 0.25) is 0 Å². The van der Waals surface area contributed by atoms with Crippen LogP contribution in [0.15, 0.2) is 24.4 Å². The summed E-state index contributed by atoms with van der Waals surface area (Å²) in [6.07, 6.45) is 4.22. The Kier molecular flexibility index (Phi) is 6.24. The predicted molar refractivity (Wildman–Crippen MR) is 68.0 cm³/mol. The van der Waals surface area contributed by atoms with Gasteiger partial charge in [0.05, 0.1) is 0 Å². The summed E-state index contributed by atoms with van der Waals surface area (Å²) in [5.41, 5.74) is 5.35. The maximum absolute atomic E-state index is 11.6. The zero-order valence-corrected chi connectivity index (χ0v) is 10.2. The van der Waals surface area contributed by atoms with Gasteiger partial charge in [0, 0.05) is 19.3 Å². The maximum atomic E-state index is 11.6. The molecule has 0 unspecified atom stereocenters. The van der Waals surface area contributed by atoms with E-state index in [1.807, 2.05) is 0 Å². The van der Waals surface area contributed by atoms with Crippen LogP contribution < -0.4 is 16.4 Å². The SMILES string of the molecule is NC(=O)NCCCCCNC(=O)c1ccccn1. The Morgan fingerprint density at radius 1 is 1.11 bits per heavy atom. The van der Waals surface area contributed by atoms with E-state index in [1.54, 1.807) is 24.4 Å². The molecular weight excluding hydrogens is 232 g/mol. The zero-order chi connectivity index (χ0) is 13.2. The predicted octanol–water partition coefficient (Wildman–Crippen LogP) is 0.650. The van der Waals surface area contributed by atoms with E-state index in [1.165, 1.54) is 0 Å². The highest BCUT2D eigenvalue weighted by molar-refractivity contribution is 5.92. The van der Waals surface area contributed by atoms with Crippen LogP contribution in [0.1, 0.15) is 29.8 Å². The topological polar surface area (TPSA) is 97.1 Å². The second kappa shape index (κ2) is 8.05. The molecule has 0 radical (unpaired) electrons. The van der Waals surface area contributed by atoms with Crippen LogP contribution in [-0.2, 0) is 0 Å². The van der Waals surface area contributed by atoms with E-state index in [2.05, 4.69) is 15.6 Å². The van der Waals surface area contributed by atoms with Crippen LogP contribution in [-0.4, -0.2) is 30.0 Å². The molecule has 0 aromatic carbocycles. The van der Waals surface area contributed by atoms with Crippen molar-refractivity contribution < 1.29 is 9.59 Å². The lowest BCUT2D eigenvalue weighted by Gasteiger charge is -2.04. The molecule has 6 heteroatoms. The van der Waals surface area contributed by atoms with Gasteiger partial charge in [-0.3, -0.25) is 9.78 Å². The van der Waals surface area contributed by atoms with Crippen molar-refractivity contribution >= 4 is 11.9 Å². The van der Waals surface area contributed by atoms with E-state index in [4.69, 9.17) is 5.73 Å². The first-order valence-electron chi connectivity index (χ1n) is 5.92. The minimum absolute atomic E-state index is 0.161. The molecule has 0 spiro atoms. The summed E-state index contributed by atoms with van der Waals surface area (Å²) in [6.45, 7) is 1.18. The minimum atomic E-state index is -0.501. The number of aromatic nitrogens is 1. The number of nitrogens with one attached hydrogen (secondary N) is 2. The second-order valence-electron chi connectivity index (χ2n) is 3.82. The number of hydrogen-bond donors (Lipinski definition) is 3. The molecule has 6 nitrogen and oxygen atoms in total. The fourth-order valence-electron chi connectivity index (χ4n) is 1.43. The van der Waals surface area contributed by atoms with Crippen molar-refractivity contribution in [1.82, 2.24) is 15.6 Å². The van der Waals surface area contributed by atoms with Crippen molar-refractivity contribution in [3.05, 3.63) is 30.1 Å². The van der Waals surface area contributed by atoms with Crippen molar-refractivity contribution in [1.29, 1.82) is 0 Å². The lowest BCUT2D eigenvalue weighted by Crippen LogP contribution is -2.30. The number of amides is 3. The van der Waals surface area contributed by atoms with E-state index in [9.17, 15) is 9.59 Å². The van der Waals surface area contributed by atoms with Gasteiger partial charge in [-0.2, -0.15) is 0 Å². The third kappa shape index (κ3) is 5.83. The Balaban J connectivity index is 2.05. The Morgan fingerprint density at radius 2 is 1.83 bits per heavy atom. The van der Waals surface area contributed by atoms with Crippen molar-refractivity contribution in [3.63, 3.8) is 0 Å². The molecule has 0 saturated heterocycles. The third-order valence-corrected chi connectivity index (χ3v) is 2.34. The largest absolute Gasteiger partial charge is 0.352 e. The van der Waals surface area contributed by atoms with Crippen LogP contribution in [0.25, 0.3) is 0 Å². The molecule has 1 rings (SSSR count). The van der Waals surface area contributed by atoms with Crippen molar-refractivity contribution in [2.45, 2.75) is 19.3 Å². The quantitative estimate of drug-likeness (QED) is 0.620. The van der Waals surface area contributed by atoms with E-state index in [-0.39, 0.29) is 5.91 Å². The molecule has 0 aliphatic heterocycles. The van der Waals surface area contributed by atoms with Crippen LogP contribution in [0.4, 0.5) is 4.79 Å². The third-order valence-electron chi connectivity index (χ3n) is 2.34. The summed E-state index contributed by atoms with van der Waals surface area (Å²) in [6, 6.07) is 4.71. The number of nitrogens with zero attached hydrogens (tertiary/aromatic N) is 1. The second-order valence-corrected chi connectivity index (χ2v) is 3.82. The molecule has 0 aliphatic rings. The van der Waals surface area contributed by atoms with Gasteiger partial charge in [-0.05, 0) is 31.4 Å². The number of unbranched alkanes of at least 4 members (excludes halogenated alkanes) is 2. The lowest BCUT2D eigenvalue weighted by molar-refractivity contribution is 0.0948. The molecule has 1 heterocycles. The summed E-state index contributed by atoms with van der Waals surface area (Å²) < 4.78 is 0. The number of primary amides is 1. The van der Waals surface area contributed by atoms with E-state index in [0.717, 1.165) is 19.3 Å². The fraction of sp³-hybridized carbons (Fsp3) is 0.417. The Bertz CT molecular complexity index is 381. The maximum Gasteiger partial charge on any atom is 0.312 e. The first-order valence-corrected chi connectivity index (χ1v) is 5.92. The monoisotopic (exact) mass is 250 g/mol. The lowest BCUT2D eigenvalue weighted by atomic mass is 10.2. The zero-order valence-electron chi connectivity index (χ0n) is 10.2. The van der Waals surface area contributed by atoms with Crippen molar-refractivity contribution in [2.75, 3.05) is 13.1 Å². The van der Waals surface area contributed by atoms with Gasteiger partial charge in [0.15, 0.2) is 0 Å². The van der Waals surface area contributed by atoms with Gasteiger partial charge in [-0.1, -0.05) is 6.07 Å². The molecule has 3 amide bonds. The molecule has 0 atom stereocenters. The van der Waals surface area contributed by atoms with Crippen LogP contribution in [0.3, 0.4) is 0 Å². The molecule has 0 bridgehead atoms. The van der Waals surface area contributed by atoms with Crippen LogP contribution in [0, 0.1) is 0 Å². The molecule has 0 fully saturated rings. The molecule has 0 saturated carbocycles. The van der Waals surface area contributed by atoms with Gasteiger partial charge < -0.3 is 16.4 Å². The first-order chi connectivity index (χ1) is 8.70. The number of carbonyl (C=O) groups is 2. The molecule has 1 aromatic rings. The van der Waals surface area contributed by atoms with Gasteiger partial charge in [0.25, 0.3) is 5.91 Å². The van der Waals surface area contributed by atoms with Crippen LogP contribution in [0.5, 0.6) is 0 Å². The van der Waals surface area contributed by atoms with Gasteiger partial charge in [-0.25, -0.2) is 4.79 Å². The number of rotatable bonds is 7. The smallest absolute Gasteiger partial charge is 0.312 e. The molecule has 1 aromatic heterocycles. The molecule has 18 heavy (non-hydrogen) atoms. The van der Waals surface area contributed by atoms with Gasteiger partial charge in [0.1, 0.15) is 5.69 Å². The summed E-state index contributed by atoms with van der Waals surface area (Å²) in [7, 11) is 0. The van der Waals surface area contributed by atoms with Crippen molar-refractivity contribution in [3.8, 4) is 0 Å². The van der Waals surface area contributed by atoms with E-state index < -0.39 is 6.03 Å². The molecule has 4 N–H and O–H groups in total. The highest BCUT2D eigenvalue weighted by Crippen LogP contribution is 1.95. The number of nitrogens with two attached hydrogens (primary N) is 1. The Hall–Kier alpha value is -2.11. The summed E-state index contributed by atoms with van der Waals surface area (Å²) in [4.78, 5) is 25.9. The van der Waals surface area contributed by atoms with E-state index in [0.29, 0.717) is 18.8 Å².